The molecule has 39 heavy (non-hydrogen) atoms. The van der Waals surface area contributed by atoms with Crippen molar-refractivity contribution in [1.82, 2.24) is 0 Å². The first-order valence-electron chi connectivity index (χ1n) is 13.7. The minimum atomic E-state index is 0.339. The number of thiophene rings is 1. The van der Waals surface area contributed by atoms with Crippen LogP contribution >= 0.6 is 11.3 Å². The fraction of sp³-hybridized carbons (Fsp3) is 0.0526. The van der Waals surface area contributed by atoms with Crippen molar-refractivity contribution in [2.75, 3.05) is 0 Å². The summed E-state index contributed by atoms with van der Waals surface area (Å²) < 4.78 is 2.81. The highest BCUT2D eigenvalue weighted by Crippen LogP contribution is 2.48. The van der Waals surface area contributed by atoms with Gasteiger partial charge in [0, 0.05) is 32.0 Å². The van der Waals surface area contributed by atoms with Crippen LogP contribution in [0.1, 0.15) is 22.6 Å². The monoisotopic (exact) mass is 512 g/mol. The molecule has 0 N–H and O–H groups in total. The molecule has 2 atom stereocenters. The third-order valence-corrected chi connectivity index (χ3v) is 10.0. The Morgan fingerprint density at radius 1 is 0.513 bits per heavy atom. The molecule has 182 valence electrons. The number of benzene rings is 6. The van der Waals surface area contributed by atoms with Crippen molar-refractivity contribution in [2.45, 2.75) is 5.92 Å². The molecule has 0 radical (unpaired) electrons. The highest BCUT2D eigenvalue weighted by molar-refractivity contribution is 7.26. The lowest BCUT2D eigenvalue weighted by Gasteiger charge is -2.30. The van der Waals surface area contributed by atoms with E-state index in [1.807, 2.05) is 11.3 Å². The van der Waals surface area contributed by atoms with Crippen LogP contribution in [0.3, 0.4) is 0 Å². The second kappa shape index (κ2) is 8.02. The van der Waals surface area contributed by atoms with Crippen LogP contribution in [0.15, 0.2) is 127 Å². The minimum Gasteiger partial charge on any atom is -0.135 e. The van der Waals surface area contributed by atoms with Gasteiger partial charge in [-0.05, 0) is 66.7 Å². The molecule has 0 nitrogen and oxygen atoms in total. The van der Waals surface area contributed by atoms with Gasteiger partial charge in [0.1, 0.15) is 0 Å². The first-order chi connectivity index (χ1) is 19.3. The molecular weight excluding hydrogens is 488 g/mol. The van der Waals surface area contributed by atoms with Crippen molar-refractivity contribution < 1.29 is 0 Å². The quantitative estimate of drug-likeness (QED) is 0.192. The minimum absolute atomic E-state index is 0.339. The molecular formula is C38H24S. The van der Waals surface area contributed by atoms with Gasteiger partial charge in [-0.3, -0.25) is 0 Å². The molecule has 0 saturated carbocycles. The predicted octanol–water partition coefficient (Wildman–Crippen LogP) is 10.9. The van der Waals surface area contributed by atoms with Crippen LogP contribution in [-0.2, 0) is 0 Å². The molecule has 2 aliphatic carbocycles. The average molecular weight is 513 g/mol. The first kappa shape index (κ1) is 21.5. The summed E-state index contributed by atoms with van der Waals surface area (Å²) in [5.41, 5.74) is 5.45. The molecule has 0 bridgehead atoms. The molecule has 2 unspecified atom stereocenters. The lowest BCUT2D eigenvalue weighted by atomic mass is 9.74. The number of hydrogen-bond donors (Lipinski definition) is 0. The molecule has 1 aromatic heterocycles. The van der Waals surface area contributed by atoms with Gasteiger partial charge in [-0.25, -0.2) is 0 Å². The van der Waals surface area contributed by atoms with Crippen LogP contribution in [0.4, 0.5) is 0 Å². The van der Waals surface area contributed by atoms with E-state index < -0.39 is 0 Å². The Bertz CT molecular complexity index is 2200. The van der Waals surface area contributed by atoms with Crippen LogP contribution < -0.4 is 0 Å². The maximum Gasteiger partial charge on any atom is 0.0399 e. The molecule has 0 aliphatic heterocycles. The van der Waals surface area contributed by atoms with Crippen LogP contribution in [0, 0.1) is 5.92 Å². The summed E-state index contributed by atoms with van der Waals surface area (Å²) in [4.78, 5) is 0. The molecule has 6 aromatic carbocycles. The van der Waals surface area contributed by atoms with Crippen LogP contribution in [0.5, 0.6) is 0 Å². The Hall–Kier alpha value is -4.46. The Labute approximate surface area is 230 Å². The second-order valence-corrected chi connectivity index (χ2v) is 11.9. The molecule has 0 fully saturated rings. The smallest absolute Gasteiger partial charge is 0.0399 e. The summed E-state index contributed by atoms with van der Waals surface area (Å²) in [7, 11) is 0. The van der Waals surface area contributed by atoms with Crippen molar-refractivity contribution in [1.29, 1.82) is 0 Å². The third kappa shape index (κ3) is 3.05. The Kier molecular flexibility index (Phi) is 4.42. The second-order valence-electron chi connectivity index (χ2n) is 10.8. The molecule has 7 aromatic rings. The van der Waals surface area contributed by atoms with E-state index in [-0.39, 0.29) is 0 Å². The van der Waals surface area contributed by atoms with E-state index in [1.54, 1.807) is 0 Å². The predicted molar refractivity (Wildman–Crippen MR) is 171 cm³/mol. The van der Waals surface area contributed by atoms with Gasteiger partial charge in [-0.15, -0.1) is 11.3 Å². The molecule has 0 amide bonds. The summed E-state index contributed by atoms with van der Waals surface area (Å²) in [5.74, 6) is 0.730. The van der Waals surface area contributed by atoms with E-state index in [2.05, 4.69) is 134 Å². The molecule has 9 rings (SSSR count). The molecule has 0 saturated heterocycles. The van der Waals surface area contributed by atoms with Crippen molar-refractivity contribution in [3.05, 3.63) is 144 Å². The highest BCUT2D eigenvalue weighted by atomic mass is 32.1. The summed E-state index contributed by atoms with van der Waals surface area (Å²) in [6.07, 6.45) is 12.0. The standard InChI is InChI=1S/C38H24S/c1-2-9-29-27(7-1)28-8-3-4-10-30(28)35-22-26(18-19-31(29)35)25-16-14-23-13-15-24-17-20-33-32-11-5-6-12-36(32)39-38(33)37(24)34(23)21-25/h1-23,34H. The van der Waals surface area contributed by atoms with E-state index in [0.717, 1.165) is 0 Å². The average Bonchev–Trinajstić information content (AvgIpc) is 3.39. The van der Waals surface area contributed by atoms with Gasteiger partial charge in [0.25, 0.3) is 0 Å². The first-order valence-corrected chi connectivity index (χ1v) is 14.5. The zero-order valence-electron chi connectivity index (χ0n) is 21.3. The molecule has 2 aliphatic rings. The van der Waals surface area contributed by atoms with E-state index in [4.69, 9.17) is 0 Å². The molecule has 1 heteroatoms. The van der Waals surface area contributed by atoms with Crippen LogP contribution in [0.2, 0.25) is 0 Å². The van der Waals surface area contributed by atoms with Gasteiger partial charge in [-0.1, -0.05) is 121 Å². The van der Waals surface area contributed by atoms with Crippen molar-refractivity contribution in [3.8, 4) is 0 Å². The van der Waals surface area contributed by atoms with Gasteiger partial charge >= 0.3 is 0 Å². The van der Waals surface area contributed by atoms with Crippen molar-refractivity contribution in [3.63, 3.8) is 0 Å². The van der Waals surface area contributed by atoms with E-state index >= 15 is 0 Å². The summed E-state index contributed by atoms with van der Waals surface area (Å²) in [6, 6.07) is 38.2. The molecule has 0 spiro atoms. The van der Waals surface area contributed by atoms with Crippen LogP contribution in [-0.4, -0.2) is 0 Å². The number of fused-ring (bicyclic) bond motifs is 13. The Balaban J connectivity index is 1.26. The summed E-state index contributed by atoms with van der Waals surface area (Å²) >= 11 is 1.95. The lowest BCUT2D eigenvalue weighted by Crippen LogP contribution is -2.14. The van der Waals surface area contributed by atoms with Gasteiger partial charge in [0.15, 0.2) is 0 Å². The normalized spacial score (nSPS) is 18.2. The van der Waals surface area contributed by atoms with Crippen molar-refractivity contribution >= 4 is 75.5 Å². The van der Waals surface area contributed by atoms with Gasteiger partial charge in [0.2, 0.25) is 0 Å². The summed E-state index contributed by atoms with van der Waals surface area (Å²) in [6.45, 7) is 0. The lowest BCUT2D eigenvalue weighted by molar-refractivity contribution is 0.700. The fourth-order valence-corrected chi connectivity index (χ4v) is 8.27. The Morgan fingerprint density at radius 2 is 1.13 bits per heavy atom. The third-order valence-electron chi connectivity index (χ3n) is 8.80. The molecule has 1 heterocycles. The summed E-state index contributed by atoms with van der Waals surface area (Å²) in [5, 5.41) is 10.7. The SMILES string of the molecule is C1=CC2C=Cc3ccc4c(sc5ccccc54)c3C2C=C1c1ccc2c3ccccc3c3ccccc3c2c1. The van der Waals surface area contributed by atoms with Crippen LogP contribution in [0.25, 0.3) is 64.1 Å². The van der Waals surface area contributed by atoms with Crippen molar-refractivity contribution in [2.24, 2.45) is 5.92 Å². The zero-order chi connectivity index (χ0) is 25.5. The number of rotatable bonds is 1. The van der Waals surface area contributed by atoms with E-state index in [9.17, 15) is 0 Å². The number of allylic oxidation sites excluding steroid dienone is 5. The topological polar surface area (TPSA) is 0 Å². The maximum atomic E-state index is 2.53. The highest BCUT2D eigenvalue weighted by Gasteiger charge is 2.29. The van der Waals surface area contributed by atoms with E-state index in [0.29, 0.717) is 11.8 Å². The number of hydrogen-bond acceptors (Lipinski definition) is 1. The van der Waals surface area contributed by atoms with Gasteiger partial charge < -0.3 is 0 Å². The van der Waals surface area contributed by atoms with E-state index in [1.165, 1.54) is 74.8 Å². The maximum absolute atomic E-state index is 2.53. The van der Waals surface area contributed by atoms with Gasteiger partial charge in [-0.2, -0.15) is 0 Å². The Morgan fingerprint density at radius 3 is 1.90 bits per heavy atom. The largest absolute Gasteiger partial charge is 0.135 e. The fourth-order valence-electron chi connectivity index (χ4n) is 6.96. The van der Waals surface area contributed by atoms with Gasteiger partial charge in [0.05, 0.1) is 0 Å². The zero-order valence-corrected chi connectivity index (χ0v) is 22.1.